The number of nitrogens with zero attached hydrogens (tertiary/aromatic N) is 2. The van der Waals surface area contributed by atoms with Crippen LogP contribution >= 0.6 is 0 Å². The Labute approximate surface area is 180 Å². The molecule has 1 heterocycles. The van der Waals surface area contributed by atoms with Gasteiger partial charge in [-0.25, -0.2) is 4.79 Å². The van der Waals surface area contributed by atoms with Gasteiger partial charge in [-0.1, -0.05) is 31.2 Å². The van der Waals surface area contributed by atoms with Crippen LogP contribution in [0, 0.1) is 17.8 Å². The normalized spacial score (nSPS) is 31.4. The highest BCUT2D eigenvalue weighted by atomic mass is 16.2. The van der Waals surface area contributed by atoms with Crippen molar-refractivity contribution in [3.8, 4) is 0 Å². The zero-order valence-electron chi connectivity index (χ0n) is 18.2. The van der Waals surface area contributed by atoms with E-state index in [-0.39, 0.29) is 24.0 Å². The van der Waals surface area contributed by atoms with Gasteiger partial charge in [0.05, 0.1) is 0 Å². The maximum Gasteiger partial charge on any atom is 0.318 e. The van der Waals surface area contributed by atoms with E-state index >= 15 is 0 Å². The summed E-state index contributed by atoms with van der Waals surface area (Å²) in [6.07, 6.45) is 9.28. The number of urea groups is 1. The Morgan fingerprint density at radius 1 is 1.07 bits per heavy atom. The number of fused-ring (bicyclic) bond motifs is 1. The van der Waals surface area contributed by atoms with Crippen LogP contribution in [0.4, 0.5) is 4.79 Å². The molecule has 4 aliphatic carbocycles. The Bertz CT molecular complexity index is 785. The SMILES string of the molecule is CCCN(CC(=O)N1CCc2ccccc2C1)C(=O)NC12CC3CC(CC(C3)C1)C2. The van der Waals surface area contributed by atoms with E-state index in [1.165, 1.54) is 30.4 Å². The highest BCUT2D eigenvalue weighted by Gasteiger charge is 2.51. The molecular formula is C25H35N3O2. The second kappa shape index (κ2) is 7.90. The average Bonchev–Trinajstić information content (AvgIpc) is 2.71. The molecule has 0 spiro atoms. The van der Waals surface area contributed by atoms with E-state index < -0.39 is 0 Å². The summed E-state index contributed by atoms with van der Waals surface area (Å²) in [5.41, 5.74) is 2.56. The zero-order chi connectivity index (χ0) is 20.7. The van der Waals surface area contributed by atoms with Crippen molar-refractivity contribution in [1.29, 1.82) is 0 Å². The third-order valence-corrected chi connectivity index (χ3v) is 8.00. The lowest BCUT2D eigenvalue weighted by Gasteiger charge is -2.57. The van der Waals surface area contributed by atoms with Gasteiger partial charge in [-0.2, -0.15) is 0 Å². The van der Waals surface area contributed by atoms with Crippen molar-refractivity contribution in [3.05, 3.63) is 35.4 Å². The van der Waals surface area contributed by atoms with Crippen LogP contribution in [0.1, 0.15) is 63.0 Å². The Hall–Kier alpha value is -2.04. The summed E-state index contributed by atoms with van der Waals surface area (Å²) in [4.78, 5) is 30.0. The van der Waals surface area contributed by atoms with E-state index in [1.54, 1.807) is 4.90 Å². The third-order valence-electron chi connectivity index (χ3n) is 8.00. The van der Waals surface area contributed by atoms with Crippen LogP contribution in [-0.2, 0) is 17.8 Å². The molecule has 6 rings (SSSR count). The monoisotopic (exact) mass is 409 g/mol. The molecule has 0 saturated heterocycles. The summed E-state index contributed by atoms with van der Waals surface area (Å²) < 4.78 is 0. The first-order chi connectivity index (χ1) is 14.5. The van der Waals surface area contributed by atoms with Crippen LogP contribution < -0.4 is 5.32 Å². The third kappa shape index (κ3) is 3.83. The minimum absolute atomic E-state index is 0.00899. The van der Waals surface area contributed by atoms with Gasteiger partial charge in [-0.3, -0.25) is 4.79 Å². The minimum Gasteiger partial charge on any atom is -0.336 e. The van der Waals surface area contributed by atoms with Crippen molar-refractivity contribution in [2.75, 3.05) is 19.6 Å². The highest BCUT2D eigenvalue weighted by molar-refractivity contribution is 5.84. The number of carbonyl (C=O) groups is 2. The summed E-state index contributed by atoms with van der Waals surface area (Å²) >= 11 is 0. The number of hydrogen-bond donors (Lipinski definition) is 1. The lowest BCUT2D eigenvalue weighted by atomic mass is 9.53. The fraction of sp³-hybridized carbons (Fsp3) is 0.680. The van der Waals surface area contributed by atoms with Crippen LogP contribution in [0.15, 0.2) is 24.3 Å². The average molecular weight is 410 g/mol. The molecule has 1 N–H and O–H groups in total. The topological polar surface area (TPSA) is 52.7 Å². The molecule has 4 saturated carbocycles. The van der Waals surface area contributed by atoms with Gasteiger partial charge in [-0.15, -0.1) is 0 Å². The van der Waals surface area contributed by atoms with Gasteiger partial charge >= 0.3 is 6.03 Å². The van der Waals surface area contributed by atoms with Crippen LogP contribution in [0.5, 0.6) is 0 Å². The molecule has 0 aromatic heterocycles. The summed E-state index contributed by atoms with van der Waals surface area (Å²) in [6.45, 7) is 4.30. The van der Waals surface area contributed by atoms with Gasteiger partial charge in [0.1, 0.15) is 6.54 Å². The largest absolute Gasteiger partial charge is 0.336 e. The molecule has 5 aliphatic rings. The second-order valence-corrected chi connectivity index (χ2v) is 10.4. The van der Waals surface area contributed by atoms with Crippen molar-refractivity contribution in [1.82, 2.24) is 15.1 Å². The number of nitrogens with one attached hydrogen (secondary N) is 1. The van der Waals surface area contributed by atoms with Crippen molar-refractivity contribution in [3.63, 3.8) is 0 Å². The van der Waals surface area contributed by atoms with E-state index in [2.05, 4.69) is 30.4 Å². The first-order valence-electron chi connectivity index (χ1n) is 12.0. The molecule has 162 valence electrons. The first kappa shape index (κ1) is 19.9. The Morgan fingerprint density at radius 2 is 1.70 bits per heavy atom. The first-order valence-corrected chi connectivity index (χ1v) is 12.0. The van der Waals surface area contributed by atoms with E-state index in [0.29, 0.717) is 13.1 Å². The number of carbonyl (C=O) groups excluding carboxylic acids is 2. The summed E-state index contributed by atoms with van der Waals surface area (Å²) in [7, 11) is 0. The molecule has 3 amide bonds. The molecule has 30 heavy (non-hydrogen) atoms. The second-order valence-electron chi connectivity index (χ2n) is 10.4. The van der Waals surface area contributed by atoms with E-state index in [0.717, 1.165) is 56.4 Å². The van der Waals surface area contributed by atoms with Crippen LogP contribution in [0.2, 0.25) is 0 Å². The number of rotatable bonds is 5. The van der Waals surface area contributed by atoms with Gasteiger partial charge in [0.2, 0.25) is 5.91 Å². The Morgan fingerprint density at radius 3 is 2.33 bits per heavy atom. The van der Waals surface area contributed by atoms with Crippen molar-refractivity contribution in [2.45, 2.75) is 70.4 Å². The summed E-state index contributed by atoms with van der Waals surface area (Å²) in [5, 5.41) is 3.45. The molecular weight excluding hydrogens is 374 g/mol. The quantitative estimate of drug-likeness (QED) is 0.800. The molecule has 1 aromatic rings. The summed E-state index contributed by atoms with van der Waals surface area (Å²) in [5.74, 6) is 2.46. The standard InChI is InChI=1S/C25H35N3O2/c1-2-8-28(17-23(29)27-9-7-21-5-3-4-6-22(21)16-27)24(30)26-25-13-18-10-19(14-25)12-20(11-18)15-25/h3-6,18-20H,2,7-17H2,1H3,(H,26,30). The molecule has 0 atom stereocenters. The van der Waals surface area contributed by atoms with Gasteiger partial charge in [0, 0.05) is 25.2 Å². The van der Waals surface area contributed by atoms with Crippen molar-refractivity contribution < 1.29 is 9.59 Å². The molecule has 1 aromatic carbocycles. The lowest BCUT2D eigenvalue weighted by molar-refractivity contribution is -0.132. The number of hydrogen-bond acceptors (Lipinski definition) is 2. The molecule has 5 nitrogen and oxygen atoms in total. The number of amides is 3. The highest BCUT2D eigenvalue weighted by Crippen LogP contribution is 2.55. The molecule has 0 unspecified atom stereocenters. The Kier molecular flexibility index (Phi) is 5.24. The maximum absolute atomic E-state index is 13.3. The molecule has 0 radical (unpaired) electrons. The van der Waals surface area contributed by atoms with E-state index in [1.807, 2.05) is 11.0 Å². The van der Waals surface area contributed by atoms with Gasteiger partial charge in [0.25, 0.3) is 0 Å². The maximum atomic E-state index is 13.3. The van der Waals surface area contributed by atoms with Crippen LogP contribution in [-0.4, -0.2) is 46.9 Å². The van der Waals surface area contributed by atoms with Crippen LogP contribution in [0.3, 0.4) is 0 Å². The van der Waals surface area contributed by atoms with Gasteiger partial charge in [-0.05, 0) is 80.2 Å². The predicted octanol–water partition coefficient (Wildman–Crippen LogP) is 3.96. The molecule has 4 bridgehead atoms. The van der Waals surface area contributed by atoms with Crippen molar-refractivity contribution >= 4 is 11.9 Å². The molecule has 1 aliphatic heterocycles. The smallest absolute Gasteiger partial charge is 0.318 e. The summed E-state index contributed by atoms with van der Waals surface area (Å²) in [6, 6.07) is 8.34. The predicted molar refractivity (Wildman–Crippen MR) is 117 cm³/mol. The Balaban J connectivity index is 1.23. The van der Waals surface area contributed by atoms with Crippen LogP contribution in [0.25, 0.3) is 0 Å². The van der Waals surface area contributed by atoms with E-state index in [9.17, 15) is 9.59 Å². The van der Waals surface area contributed by atoms with E-state index in [4.69, 9.17) is 0 Å². The van der Waals surface area contributed by atoms with Gasteiger partial charge in [0.15, 0.2) is 0 Å². The minimum atomic E-state index is -0.0236. The fourth-order valence-electron chi connectivity index (χ4n) is 7.06. The lowest BCUT2D eigenvalue weighted by Crippen LogP contribution is -2.62. The van der Waals surface area contributed by atoms with Gasteiger partial charge < -0.3 is 15.1 Å². The van der Waals surface area contributed by atoms with Crippen molar-refractivity contribution in [2.24, 2.45) is 17.8 Å². The fourth-order valence-corrected chi connectivity index (χ4v) is 7.06. The molecule has 5 heteroatoms. The molecule has 4 fully saturated rings. The number of benzene rings is 1. The zero-order valence-corrected chi connectivity index (χ0v) is 18.2.